The van der Waals surface area contributed by atoms with Crippen LogP contribution in [0.2, 0.25) is 0 Å². The summed E-state index contributed by atoms with van der Waals surface area (Å²) < 4.78 is 5.36. The predicted molar refractivity (Wildman–Crippen MR) is 69.3 cm³/mol. The number of hydrogen-bond donors (Lipinski definition) is 1. The molecule has 1 aromatic rings. The zero-order valence-electron chi connectivity index (χ0n) is 11.0. The number of furan rings is 1. The van der Waals surface area contributed by atoms with Gasteiger partial charge < -0.3 is 14.4 Å². The van der Waals surface area contributed by atoms with E-state index in [2.05, 4.69) is 4.90 Å². The van der Waals surface area contributed by atoms with Gasteiger partial charge in [0.1, 0.15) is 5.76 Å². The summed E-state index contributed by atoms with van der Waals surface area (Å²) in [5.74, 6) is 1.30. The molecule has 1 amide bonds. The van der Waals surface area contributed by atoms with E-state index in [4.69, 9.17) is 9.52 Å². The normalized spacial score (nSPS) is 28.5. The van der Waals surface area contributed by atoms with Gasteiger partial charge in [-0.25, -0.2) is 0 Å². The van der Waals surface area contributed by atoms with Crippen molar-refractivity contribution in [3.05, 3.63) is 24.2 Å². The first-order chi connectivity index (χ1) is 9.26. The quantitative estimate of drug-likeness (QED) is 0.869. The van der Waals surface area contributed by atoms with Gasteiger partial charge in [-0.1, -0.05) is 0 Å². The minimum absolute atomic E-state index is 0.116. The number of amides is 1. The number of carbonyl (C=O) groups excluding carboxylic acids is 1. The molecule has 2 unspecified atom stereocenters. The van der Waals surface area contributed by atoms with Crippen LogP contribution in [0.25, 0.3) is 0 Å². The van der Waals surface area contributed by atoms with Crippen molar-refractivity contribution < 1.29 is 14.3 Å². The molecule has 0 radical (unpaired) electrons. The fourth-order valence-corrected chi connectivity index (χ4v) is 3.12. The van der Waals surface area contributed by atoms with E-state index in [-0.39, 0.29) is 18.4 Å². The Morgan fingerprint density at radius 1 is 1.42 bits per heavy atom. The highest BCUT2D eigenvalue weighted by atomic mass is 16.3. The van der Waals surface area contributed by atoms with Crippen molar-refractivity contribution in [2.45, 2.75) is 25.4 Å². The lowest BCUT2D eigenvalue weighted by atomic mass is 10.1. The molecule has 2 aliphatic heterocycles. The van der Waals surface area contributed by atoms with Crippen LogP contribution in [-0.2, 0) is 11.3 Å². The maximum atomic E-state index is 11.9. The van der Waals surface area contributed by atoms with E-state index in [9.17, 15) is 4.79 Å². The number of nitrogens with zero attached hydrogens (tertiary/aromatic N) is 2. The summed E-state index contributed by atoms with van der Waals surface area (Å²) in [6.45, 7) is 3.55. The fourth-order valence-electron chi connectivity index (χ4n) is 3.12. The first-order valence-corrected chi connectivity index (χ1v) is 6.91. The average Bonchev–Trinajstić information content (AvgIpc) is 3.10. The molecule has 0 bridgehead atoms. The van der Waals surface area contributed by atoms with Gasteiger partial charge in [-0.05, 0) is 18.6 Å². The molecule has 104 valence electrons. The molecule has 2 saturated heterocycles. The van der Waals surface area contributed by atoms with Gasteiger partial charge >= 0.3 is 0 Å². The molecule has 2 atom stereocenters. The molecule has 0 aliphatic carbocycles. The van der Waals surface area contributed by atoms with Gasteiger partial charge in [-0.15, -0.1) is 0 Å². The van der Waals surface area contributed by atoms with Gasteiger partial charge in [0.05, 0.1) is 12.8 Å². The summed E-state index contributed by atoms with van der Waals surface area (Å²) in [6, 6.07) is 4.19. The van der Waals surface area contributed by atoms with E-state index in [1.807, 2.05) is 17.0 Å². The SMILES string of the molecule is O=C1CC(CO)CN1C1CCN(Cc2ccco2)C1. The number of hydrogen-bond acceptors (Lipinski definition) is 4. The van der Waals surface area contributed by atoms with E-state index < -0.39 is 0 Å². The van der Waals surface area contributed by atoms with Crippen LogP contribution in [-0.4, -0.2) is 53.1 Å². The Kier molecular flexibility index (Phi) is 3.57. The van der Waals surface area contributed by atoms with Crippen LogP contribution >= 0.6 is 0 Å². The van der Waals surface area contributed by atoms with Gasteiger partial charge in [0.25, 0.3) is 0 Å². The van der Waals surface area contributed by atoms with Crippen LogP contribution in [0.1, 0.15) is 18.6 Å². The first-order valence-electron chi connectivity index (χ1n) is 6.91. The second-order valence-corrected chi connectivity index (χ2v) is 5.56. The molecule has 2 fully saturated rings. The number of carbonyl (C=O) groups is 1. The molecule has 5 nitrogen and oxygen atoms in total. The Balaban J connectivity index is 1.55. The minimum Gasteiger partial charge on any atom is -0.468 e. The van der Waals surface area contributed by atoms with Crippen LogP contribution in [0.5, 0.6) is 0 Å². The third kappa shape index (κ3) is 2.67. The van der Waals surface area contributed by atoms with Gasteiger partial charge in [-0.2, -0.15) is 0 Å². The Labute approximate surface area is 112 Å². The van der Waals surface area contributed by atoms with Crippen LogP contribution in [0.3, 0.4) is 0 Å². The van der Waals surface area contributed by atoms with Crippen LogP contribution < -0.4 is 0 Å². The van der Waals surface area contributed by atoms with E-state index in [0.717, 1.165) is 31.8 Å². The summed E-state index contributed by atoms with van der Waals surface area (Å²) in [6.07, 6.45) is 3.22. The second-order valence-electron chi connectivity index (χ2n) is 5.56. The van der Waals surface area contributed by atoms with Crippen molar-refractivity contribution in [1.29, 1.82) is 0 Å². The number of rotatable bonds is 4. The smallest absolute Gasteiger partial charge is 0.223 e. The van der Waals surface area contributed by atoms with Gasteiger partial charge in [0.15, 0.2) is 0 Å². The maximum absolute atomic E-state index is 11.9. The number of aliphatic hydroxyl groups excluding tert-OH is 1. The summed E-state index contributed by atoms with van der Waals surface area (Å²) in [4.78, 5) is 16.2. The largest absolute Gasteiger partial charge is 0.468 e. The van der Waals surface area contributed by atoms with E-state index >= 15 is 0 Å². The summed E-state index contributed by atoms with van der Waals surface area (Å²) in [5.41, 5.74) is 0. The van der Waals surface area contributed by atoms with E-state index in [0.29, 0.717) is 19.0 Å². The topological polar surface area (TPSA) is 56.9 Å². The third-order valence-corrected chi connectivity index (χ3v) is 4.14. The van der Waals surface area contributed by atoms with Gasteiger partial charge in [0, 0.05) is 44.6 Å². The highest BCUT2D eigenvalue weighted by Crippen LogP contribution is 2.25. The molecule has 0 spiro atoms. The Morgan fingerprint density at radius 3 is 3.00 bits per heavy atom. The molecule has 19 heavy (non-hydrogen) atoms. The van der Waals surface area contributed by atoms with E-state index in [1.165, 1.54) is 0 Å². The average molecular weight is 264 g/mol. The molecule has 5 heteroatoms. The van der Waals surface area contributed by atoms with Gasteiger partial charge in [0.2, 0.25) is 5.91 Å². The molecular formula is C14H20N2O3. The Hall–Kier alpha value is -1.33. The molecule has 0 saturated carbocycles. The fraction of sp³-hybridized carbons (Fsp3) is 0.643. The summed E-state index contributed by atoms with van der Waals surface area (Å²) in [5, 5.41) is 9.17. The highest BCUT2D eigenvalue weighted by Gasteiger charge is 2.37. The van der Waals surface area contributed by atoms with Crippen LogP contribution in [0, 0.1) is 5.92 Å². The lowest BCUT2D eigenvalue weighted by Gasteiger charge is -2.24. The maximum Gasteiger partial charge on any atom is 0.223 e. The Bertz CT molecular complexity index is 432. The predicted octanol–water partition coefficient (Wildman–Crippen LogP) is 0.695. The minimum atomic E-state index is 0.116. The Morgan fingerprint density at radius 2 is 2.32 bits per heavy atom. The lowest BCUT2D eigenvalue weighted by molar-refractivity contribution is -0.129. The van der Waals surface area contributed by atoms with Gasteiger partial charge in [-0.3, -0.25) is 9.69 Å². The van der Waals surface area contributed by atoms with Crippen molar-refractivity contribution in [3.8, 4) is 0 Å². The third-order valence-electron chi connectivity index (χ3n) is 4.14. The first kappa shape index (κ1) is 12.7. The van der Waals surface area contributed by atoms with Crippen LogP contribution in [0.4, 0.5) is 0 Å². The number of aliphatic hydroxyl groups is 1. The summed E-state index contributed by atoms with van der Waals surface area (Å²) in [7, 11) is 0. The van der Waals surface area contributed by atoms with Crippen molar-refractivity contribution in [2.24, 2.45) is 5.92 Å². The van der Waals surface area contributed by atoms with Crippen molar-refractivity contribution >= 4 is 5.91 Å². The number of likely N-dealkylation sites (tertiary alicyclic amines) is 2. The molecule has 2 aliphatic rings. The molecule has 3 rings (SSSR count). The second kappa shape index (κ2) is 5.35. The van der Waals surface area contributed by atoms with Crippen molar-refractivity contribution in [1.82, 2.24) is 9.80 Å². The van der Waals surface area contributed by atoms with Crippen molar-refractivity contribution in [2.75, 3.05) is 26.2 Å². The standard InChI is InChI=1S/C14H20N2O3/c17-10-11-6-14(18)16(7-11)12-3-4-15(8-12)9-13-2-1-5-19-13/h1-2,5,11-12,17H,3-4,6-10H2. The van der Waals surface area contributed by atoms with Crippen molar-refractivity contribution in [3.63, 3.8) is 0 Å². The lowest BCUT2D eigenvalue weighted by Crippen LogP contribution is -2.38. The zero-order chi connectivity index (χ0) is 13.2. The monoisotopic (exact) mass is 264 g/mol. The highest BCUT2D eigenvalue weighted by molar-refractivity contribution is 5.79. The molecule has 0 aromatic carbocycles. The molecule has 1 N–H and O–H groups in total. The van der Waals surface area contributed by atoms with E-state index in [1.54, 1.807) is 6.26 Å². The summed E-state index contributed by atoms with van der Waals surface area (Å²) >= 11 is 0. The molecule has 3 heterocycles. The molecular weight excluding hydrogens is 244 g/mol. The zero-order valence-corrected chi connectivity index (χ0v) is 11.0. The van der Waals surface area contributed by atoms with Crippen LogP contribution in [0.15, 0.2) is 22.8 Å². The molecule has 1 aromatic heterocycles.